The Labute approximate surface area is 155 Å². The zero-order chi connectivity index (χ0) is 20.2. The number of nitrogens with one attached hydrogen (secondary N) is 3. The number of rotatable bonds is 6. The summed E-state index contributed by atoms with van der Waals surface area (Å²) in [6.45, 7) is 3.24. The van der Waals surface area contributed by atoms with Crippen LogP contribution in [0.2, 0.25) is 0 Å². The van der Waals surface area contributed by atoms with Crippen molar-refractivity contribution in [2.24, 2.45) is 5.92 Å². The molecule has 1 fully saturated rings. The van der Waals surface area contributed by atoms with Gasteiger partial charge >= 0.3 is 5.91 Å². The molecule has 2 rings (SSSR count). The Morgan fingerprint density at radius 3 is 2.48 bits per heavy atom. The van der Waals surface area contributed by atoms with Crippen molar-refractivity contribution in [1.29, 1.82) is 0 Å². The summed E-state index contributed by atoms with van der Waals surface area (Å²) in [5.41, 5.74) is 1.93. The van der Waals surface area contributed by atoms with Crippen molar-refractivity contribution >= 4 is 27.6 Å². The highest BCUT2D eigenvalue weighted by Gasteiger charge is 2.34. The van der Waals surface area contributed by atoms with E-state index in [4.69, 9.17) is 4.84 Å². The number of amides is 2. The Morgan fingerprint density at radius 1 is 1.26 bits per heavy atom. The number of halogens is 1. The van der Waals surface area contributed by atoms with Crippen LogP contribution in [0.25, 0.3) is 0 Å². The topological polar surface area (TPSA) is 131 Å². The van der Waals surface area contributed by atoms with Gasteiger partial charge in [-0.3, -0.25) is 19.2 Å². The van der Waals surface area contributed by atoms with Crippen LogP contribution in [0.3, 0.4) is 0 Å². The minimum absolute atomic E-state index is 0.01000. The molecule has 11 heteroatoms. The van der Waals surface area contributed by atoms with Crippen LogP contribution in [0.15, 0.2) is 29.2 Å². The summed E-state index contributed by atoms with van der Waals surface area (Å²) in [4.78, 5) is 40.5. The van der Waals surface area contributed by atoms with Gasteiger partial charge < -0.3 is 5.32 Å². The molecule has 148 valence electrons. The summed E-state index contributed by atoms with van der Waals surface area (Å²) in [6.07, 6.45) is 0.0544. The molecular weight excluding hydrogens is 381 g/mol. The summed E-state index contributed by atoms with van der Waals surface area (Å²) < 4.78 is 40.2. The standard InChI is InChI=1S/C16H20FN3O6S/c1-9(2)13(20-27(24,25)11-5-3-10(17)4-6-11)15(22)18-12-7-8-26-19-16(23)14(12)21/h3-6,9,12-13,20H,7-8H2,1-2H3,(H,18,22)(H,19,23). The molecule has 3 N–H and O–H groups in total. The fourth-order valence-corrected chi connectivity index (χ4v) is 3.72. The van der Waals surface area contributed by atoms with Crippen LogP contribution in [0.1, 0.15) is 20.3 Å². The van der Waals surface area contributed by atoms with E-state index < -0.39 is 51.4 Å². The first-order valence-electron chi connectivity index (χ1n) is 8.16. The first-order valence-corrected chi connectivity index (χ1v) is 9.64. The second-order valence-electron chi connectivity index (χ2n) is 6.29. The van der Waals surface area contributed by atoms with Crippen molar-refractivity contribution in [1.82, 2.24) is 15.5 Å². The van der Waals surface area contributed by atoms with Gasteiger partial charge in [-0.2, -0.15) is 4.72 Å². The highest BCUT2D eigenvalue weighted by atomic mass is 32.2. The summed E-state index contributed by atoms with van der Waals surface area (Å²) in [7, 11) is -4.11. The number of hydrogen-bond acceptors (Lipinski definition) is 6. The molecule has 1 aromatic carbocycles. The maximum absolute atomic E-state index is 13.0. The summed E-state index contributed by atoms with van der Waals surface area (Å²) in [5.74, 6) is -3.70. The number of carbonyl (C=O) groups is 3. The first kappa shape index (κ1) is 20.9. The van der Waals surface area contributed by atoms with E-state index in [2.05, 4.69) is 10.0 Å². The van der Waals surface area contributed by atoms with Gasteiger partial charge in [-0.15, -0.1) is 0 Å². The first-order chi connectivity index (χ1) is 12.6. The van der Waals surface area contributed by atoms with Gasteiger partial charge in [0.25, 0.3) is 0 Å². The van der Waals surface area contributed by atoms with Gasteiger partial charge in [-0.05, 0) is 30.2 Å². The monoisotopic (exact) mass is 401 g/mol. The molecule has 2 unspecified atom stereocenters. The van der Waals surface area contributed by atoms with E-state index in [0.717, 1.165) is 24.3 Å². The maximum atomic E-state index is 13.0. The molecule has 1 aliphatic heterocycles. The average molecular weight is 401 g/mol. The number of Topliss-reactive ketones (excluding diaryl/α,β-unsaturated/α-hetero) is 1. The van der Waals surface area contributed by atoms with Crippen molar-refractivity contribution in [3.05, 3.63) is 30.1 Å². The zero-order valence-corrected chi connectivity index (χ0v) is 15.5. The van der Waals surface area contributed by atoms with E-state index in [0.29, 0.717) is 0 Å². The molecule has 0 radical (unpaired) electrons. The molecule has 2 amide bonds. The molecule has 0 saturated carbocycles. The SMILES string of the molecule is CC(C)C(NS(=O)(=O)c1ccc(F)cc1)C(=O)NC1CCONC(=O)C1=O. The van der Waals surface area contributed by atoms with Crippen LogP contribution in [0.5, 0.6) is 0 Å². The van der Waals surface area contributed by atoms with Gasteiger partial charge in [-0.1, -0.05) is 13.8 Å². The number of hydroxylamine groups is 1. The zero-order valence-electron chi connectivity index (χ0n) is 14.7. The number of carbonyl (C=O) groups excluding carboxylic acids is 3. The molecule has 9 nitrogen and oxygen atoms in total. The van der Waals surface area contributed by atoms with Crippen molar-refractivity contribution < 1.29 is 32.0 Å². The third-order valence-corrected chi connectivity index (χ3v) is 5.34. The van der Waals surface area contributed by atoms with Gasteiger partial charge in [0.1, 0.15) is 11.9 Å². The Bertz CT molecular complexity index is 825. The summed E-state index contributed by atoms with van der Waals surface area (Å²) in [6, 6.07) is 1.79. The van der Waals surface area contributed by atoms with Crippen molar-refractivity contribution in [3.8, 4) is 0 Å². The maximum Gasteiger partial charge on any atom is 0.313 e. The molecule has 1 aromatic rings. The van der Waals surface area contributed by atoms with Crippen LogP contribution >= 0.6 is 0 Å². The Balaban J connectivity index is 2.16. The van der Waals surface area contributed by atoms with Crippen LogP contribution in [-0.2, 0) is 29.2 Å². The Morgan fingerprint density at radius 2 is 1.89 bits per heavy atom. The Hall–Kier alpha value is -2.37. The van der Waals surface area contributed by atoms with Gasteiger partial charge in [0.2, 0.25) is 21.7 Å². The molecule has 27 heavy (non-hydrogen) atoms. The highest BCUT2D eigenvalue weighted by molar-refractivity contribution is 7.89. The van der Waals surface area contributed by atoms with E-state index in [1.54, 1.807) is 13.8 Å². The molecule has 0 aliphatic carbocycles. The lowest BCUT2D eigenvalue weighted by Crippen LogP contribution is -2.54. The number of benzene rings is 1. The molecular formula is C16H20FN3O6S. The van der Waals surface area contributed by atoms with Gasteiger partial charge in [0, 0.05) is 6.42 Å². The van der Waals surface area contributed by atoms with E-state index >= 15 is 0 Å². The molecule has 0 aromatic heterocycles. The largest absolute Gasteiger partial charge is 0.344 e. The van der Waals surface area contributed by atoms with E-state index in [9.17, 15) is 27.2 Å². The predicted molar refractivity (Wildman–Crippen MR) is 91.0 cm³/mol. The normalized spacial score (nSPS) is 19.3. The van der Waals surface area contributed by atoms with Crippen molar-refractivity contribution in [2.75, 3.05) is 6.61 Å². The Kier molecular flexibility index (Phi) is 6.63. The minimum atomic E-state index is -4.11. The third kappa shape index (κ3) is 5.31. The fourth-order valence-electron chi connectivity index (χ4n) is 2.37. The van der Waals surface area contributed by atoms with E-state index in [-0.39, 0.29) is 17.9 Å². The van der Waals surface area contributed by atoms with Gasteiger partial charge in [0.15, 0.2) is 0 Å². The number of ketones is 1. The second-order valence-corrected chi connectivity index (χ2v) is 8.00. The second kappa shape index (κ2) is 8.55. The molecule has 0 bridgehead atoms. The quantitative estimate of drug-likeness (QED) is 0.558. The lowest BCUT2D eigenvalue weighted by atomic mass is 10.0. The molecule has 2 atom stereocenters. The summed E-state index contributed by atoms with van der Waals surface area (Å²) in [5, 5.41) is 2.39. The highest BCUT2D eigenvalue weighted by Crippen LogP contribution is 2.13. The van der Waals surface area contributed by atoms with E-state index in [1.807, 2.05) is 5.48 Å². The van der Waals surface area contributed by atoms with Crippen molar-refractivity contribution in [3.63, 3.8) is 0 Å². The molecule has 1 heterocycles. The van der Waals surface area contributed by atoms with Gasteiger partial charge in [0.05, 0.1) is 17.5 Å². The molecule has 0 spiro atoms. The fraction of sp³-hybridized carbons (Fsp3) is 0.438. The van der Waals surface area contributed by atoms with Crippen LogP contribution in [0.4, 0.5) is 4.39 Å². The van der Waals surface area contributed by atoms with E-state index in [1.165, 1.54) is 0 Å². The lowest BCUT2D eigenvalue weighted by molar-refractivity contribution is -0.144. The van der Waals surface area contributed by atoms with Crippen LogP contribution in [-0.4, -0.2) is 44.7 Å². The number of hydrogen-bond donors (Lipinski definition) is 3. The number of sulfonamides is 1. The van der Waals surface area contributed by atoms with Crippen LogP contribution < -0.4 is 15.5 Å². The summed E-state index contributed by atoms with van der Waals surface area (Å²) >= 11 is 0. The third-order valence-electron chi connectivity index (χ3n) is 3.89. The smallest absolute Gasteiger partial charge is 0.313 e. The molecule has 1 saturated heterocycles. The minimum Gasteiger partial charge on any atom is -0.344 e. The van der Waals surface area contributed by atoms with Crippen molar-refractivity contribution in [2.45, 2.75) is 37.2 Å². The molecule has 1 aliphatic rings. The predicted octanol–water partition coefficient (Wildman–Crippen LogP) is -0.366. The van der Waals surface area contributed by atoms with Crippen LogP contribution in [0, 0.1) is 11.7 Å². The lowest BCUT2D eigenvalue weighted by Gasteiger charge is -2.23. The van der Waals surface area contributed by atoms with Gasteiger partial charge in [-0.25, -0.2) is 18.3 Å². The average Bonchev–Trinajstić information content (AvgIpc) is 2.75.